The van der Waals surface area contributed by atoms with Crippen molar-refractivity contribution in [2.24, 2.45) is 0 Å². The van der Waals surface area contributed by atoms with Gasteiger partial charge in [0.2, 0.25) is 0 Å². The predicted octanol–water partition coefficient (Wildman–Crippen LogP) is 3.50. The number of hydrogen-bond acceptors (Lipinski definition) is 3. The number of nitrogens with two attached hydrogens (primary N) is 1. The Morgan fingerprint density at radius 2 is 2.05 bits per heavy atom. The first-order chi connectivity index (χ1) is 8.99. The Labute approximate surface area is 113 Å². The van der Waals surface area contributed by atoms with Crippen molar-refractivity contribution in [3.8, 4) is 0 Å². The van der Waals surface area contributed by atoms with Crippen LogP contribution in [0.15, 0.2) is 36.4 Å². The zero-order valence-corrected chi connectivity index (χ0v) is 10.4. The van der Waals surface area contributed by atoms with Gasteiger partial charge in [-0.25, -0.2) is 9.18 Å². The van der Waals surface area contributed by atoms with E-state index in [1.165, 1.54) is 36.4 Å². The highest BCUT2D eigenvalue weighted by atomic mass is 35.5. The van der Waals surface area contributed by atoms with E-state index in [0.29, 0.717) is 5.69 Å². The molecule has 0 aliphatic heterocycles. The maximum atomic E-state index is 13.6. The molecule has 0 amide bonds. The van der Waals surface area contributed by atoms with Crippen LogP contribution < -0.4 is 11.1 Å². The van der Waals surface area contributed by atoms with Crippen molar-refractivity contribution >= 4 is 34.6 Å². The molecular formula is C13H10ClFN2O2. The molecule has 0 atom stereocenters. The second-order valence-electron chi connectivity index (χ2n) is 3.83. The van der Waals surface area contributed by atoms with Gasteiger partial charge in [0.1, 0.15) is 5.82 Å². The monoisotopic (exact) mass is 280 g/mol. The van der Waals surface area contributed by atoms with Crippen LogP contribution in [0.4, 0.5) is 21.5 Å². The molecule has 4 N–H and O–H groups in total. The van der Waals surface area contributed by atoms with E-state index in [2.05, 4.69) is 5.32 Å². The molecule has 0 aliphatic carbocycles. The Hall–Kier alpha value is -2.27. The third-order valence-electron chi connectivity index (χ3n) is 2.50. The number of nitrogens with one attached hydrogen (secondary N) is 1. The van der Waals surface area contributed by atoms with Gasteiger partial charge in [0, 0.05) is 5.69 Å². The maximum Gasteiger partial charge on any atom is 0.337 e. The van der Waals surface area contributed by atoms with Gasteiger partial charge in [-0.05, 0) is 30.3 Å². The summed E-state index contributed by atoms with van der Waals surface area (Å²) in [5.41, 5.74) is 6.13. The van der Waals surface area contributed by atoms with E-state index in [4.69, 9.17) is 22.4 Å². The van der Waals surface area contributed by atoms with E-state index in [9.17, 15) is 9.18 Å². The molecule has 0 unspecified atom stereocenters. The number of para-hydroxylation sites is 1. The average molecular weight is 281 g/mol. The van der Waals surface area contributed by atoms with Crippen molar-refractivity contribution < 1.29 is 14.3 Å². The lowest BCUT2D eigenvalue weighted by Crippen LogP contribution is -2.04. The molecule has 0 heterocycles. The lowest BCUT2D eigenvalue weighted by Gasteiger charge is -2.12. The Morgan fingerprint density at radius 3 is 2.68 bits per heavy atom. The summed E-state index contributed by atoms with van der Waals surface area (Å²) in [4.78, 5) is 11.1. The highest BCUT2D eigenvalue weighted by Crippen LogP contribution is 2.30. The molecule has 0 saturated heterocycles. The largest absolute Gasteiger partial charge is 0.478 e. The number of benzene rings is 2. The van der Waals surface area contributed by atoms with Gasteiger partial charge in [-0.15, -0.1) is 0 Å². The molecule has 0 saturated carbocycles. The lowest BCUT2D eigenvalue weighted by atomic mass is 10.1. The first-order valence-electron chi connectivity index (χ1n) is 5.33. The smallest absolute Gasteiger partial charge is 0.337 e. The topological polar surface area (TPSA) is 75.4 Å². The summed E-state index contributed by atoms with van der Waals surface area (Å²) < 4.78 is 13.6. The van der Waals surface area contributed by atoms with Gasteiger partial charge in [-0.2, -0.15) is 0 Å². The van der Waals surface area contributed by atoms with Gasteiger partial charge in [0.05, 0.1) is 22.0 Å². The highest BCUT2D eigenvalue weighted by Gasteiger charge is 2.13. The number of carbonyl (C=O) groups is 1. The number of nitrogen functional groups attached to an aromatic ring is 1. The molecule has 2 rings (SSSR count). The van der Waals surface area contributed by atoms with E-state index in [1.54, 1.807) is 0 Å². The van der Waals surface area contributed by atoms with Gasteiger partial charge in [-0.1, -0.05) is 17.7 Å². The van der Waals surface area contributed by atoms with Gasteiger partial charge in [-0.3, -0.25) is 0 Å². The van der Waals surface area contributed by atoms with Crippen molar-refractivity contribution in [1.29, 1.82) is 0 Å². The van der Waals surface area contributed by atoms with E-state index in [1.807, 2.05) is 0 Å². The van der Waals surface area contributed by atoms with Crippen LogP contribution in [0, 0.1) is 5.82 Å². The summed E-state index contributed by atoms with van der Waals surface area (Å²) in [6.45, 7) is 0. The van der Waals surface area contributed by atoms with Crippen LogP contribution in [0.1, 0.15) is 10.4 Å². The molecule has 2 aromatic carbocycles. The summed E-state index contributed by atoms with van der Waals surface area (Å²) in [6, 6.07) is 8.39. The van der Waals surface area contributed by atoms with Crippen LogP contribution in [0.25, 0.3) is 0 Å². The summed E-state index contributed by atoms with van der Waals surface area (Å²) in [5, 5.41) is 11.9. The van der Waals surface area contributed by atoms with Gasteiger partial charge in [0.15, 0.2) is 0 Å². The van der Waals surface area contributed by atoms with E-state index in [-0.39, 0.29) is 22.0 Å². The van der Waals surface area contributed by atoms with Crippen LogP contribution >= 0.6 is 11.6 Å². The summed E-state index contributed by atoms with van der Waals surface area (Å²) in [5.74, 6) is -1.72. The molecule has 0 radical (unpaired) electrons. The second-order valence-corrected chi connectivity index (χ2v) is 4.24. The molecule has 0 aromatic heterocycles. The second kappa shape index (κ2) is 5.16. The Balaban J connectivity index is 2.49. The van der Waals surface area contributed by atoms with Crippen LogP contribution in [0.5, 0.6) is 0 Å². The number of halogens is 2. The molecule has 98 valence electrons. The fraction of sp³-hybridized carbons (Fsp3) is 0. The minimum absolute atomic E-state index is 0.0114. The zero-order chi connectivity index (χ0) is 14.0. The lowest BCUT2D eigenvalue weighted by molar-refractivity contribution is 0.0698. The van der Waals surface area contributed by atoms with Crippen LogP contribution in [0.3, 0.4) is 0 Å². The molecule has 0 bridgehead atoms. The Morgan fingerprint density at radius 1 is 1.32 bits per heavy atom. The molecular weight excluding hydrogens is 271 g/mol. The fourth-order valence-corrected chi connectivity index (χ4v) is 1.81. The van der Waals surface area contributed by atoms with Crippen LogP contribution in [0.2, 0.25) is 5.02 Å². The summed E-state index contributed by atoms with van der Waals surface area (Å²) in [7, 11) is 0. The number of aromatic carboxylic acids is 1. The molecule has 0 aliphatic rings. The molecule has 0 spiro atoms. The third-order valence-corrected chi connectivity index (χ3v) is 2.81. The number of rotatable bonds is 3. The zero-order valence-electron chi connectivity index (χ0n) is 9.65. The van der Waals surface area contributed by atoms with Gasteiger partial charge < -0.3 is 16.2 Å². The molecule has 0 fully saturated rings. The number of anilines is 3. The van der Waals surface area contributed by atoms with Crippen molar-refractivity contribution in [3.05, 3.63) is 52.8 Å². The minimum atomic E-state index is -1.14. The highest BCUT2D eigenvalue weighted by molar-refractivity contribution is 6.33. The van der Waals surface area contributed by atoms with E-state index in [0.717, 1.165) is 0 Å². The van der Waals surface area contributed by atoms with Crippen molar-refractivity contribution in [1.82, 2.24) is 0 Å². The Kier molecular flexibility index (Phi) is 3.57. The Bertz CT molecular complexity index is 626. The minimum Gasteiger partial charge on any atom is -0.478 e. The van der Waals surface area contributed by atoms with E-state index >= 15 is 0 Å². The maximum absolute atomic E-state index is 13.6. The van der Waals surface area contributed by atoms with Crippen molar-refractivity contribution in [2.45, 2.75) is 0 Å². The number of carboxylic acids is 1. The summed E-state index contributed by atoms with van der Waals surface area (Å²) >= 11 is 5.87. The van der Waals surface area contributed by atoms with Gasteiger partial charge >= 0.3 is 5.97 Å². The van der Waals surface area contributed by atoms with Crippen LogP contribution in [-0.2, 0) is 0 Å². The summed E-state index contributed by atoms with van der Waals surface area (Å²) in [6.07, 6.45) is 0. The molecule has 6 heteroatoms. The first kappa shape index (κ1) is 13.2. The molecule has 19 heavy (non-hydrogen) atoms. The molecule has 4 nitrogen and oxygen atoms in total. The fourth-order valence-electron chi connectivity index (χ4n) is 1.60. The first-order valence-corrected chi connectivity index (χ1v) is 5.70. The number of carboxylic acid groups (broad SMARTS) is 1. The van der Waals surface area contributed by atoms with Crippen molar-refractivity contribution in [2.75, 3.05) is 11.1 Å². The van der Waals surface area contributed by atoms with Crippen LogP contribution in [-0.4, -0.2) is 11.1 Å². The van der Waals surface area contributed by atoms with Gasteiger partial charge in [0.25, 0.3) is 0 Å². The third kappa shape index (κ3) is 2.77. The normalized spacial score (nSPS) is 10.2. The number of hydrogen-bond donors (Lipinski definition) is 3. The van der Waals surface area contributed by atoms with E-state index < -0.39 is 11.8 Å². The SMILES string of the molecule is Nc1ccc(C(=O)O)c(Nc2c(F)cccc2Cl)c1. The quantitative estimate of drug-likeness (QED) is 0.752. The van der Waals surface area contributed by atoms with Crippen molar-refractivity contribution in [3.63, 3.8) is 0 Å². The average Bonchev–Trinajstić information content (AvgIpc) is 2.33. The standard InChI is InChI=1S/C13H10ClFN2O2/c14-9-2-1-3-10(15)12(9)17-11-6-7(16)4-5-8(11)13(18)19/h1-6,17H,16H2,(H,18,19). The molecule has 2 aromatic rings. The predicted molar refractivity (Wildman–Crippen MR) is 72.5 cm³/mol.